The highest BCUT2D eigenvalue weighted by Gasteiger charge is 2.25. The van der Waals surface area contributed by atoms with E-state index in [0.717, 1.165) is 0 Å². The quantitative estimate of drug-likeness (QED) is 0.600. The van der Waals surface area contributed by atoms with Crippen molar-refractivity contribution in [3.63, 3.8) is 0 Å². The molecule has 13 heavy (non-hydrogen) atoms. The monoisotopic (exact) mass is 179 g/mol. The van der Waals surface area contributed by atoms with Crippen molar-refractivity contribution in [3.8, 4) is 11.5 Å². The summed E-state index contributed by atoms with van der Waals surface area (Å²) in [6.07, 6.45) is 0. The third kappa shape index (κ3) is 1.25. The number of ether oxygens (including phenoxy) is 1. The molecule has 1 aliphatic heterocycles. The first-order chi connectivity index (χ1) is 6.18. The van der Waals surface area contributed by atoms with Gasteiger partial charge in [0, 0.05) is 6.07 Å². The minimum absolute atomic E-state index is 0.0852. The third-order valence-electron chi connectivity index (χ3n) is 1.99. The largest absolute Gasteiger partial charge is 0.508 e. The number of nitrogens with two attached hydrogens (primary N) is 1. The SMILES string of the molecule is NC1COc2cc(O)ccc2C1=O. The highest BCUT2D eigenvalue weighted by atomic mass is 16.5. The Balaban J connectivity index is 2.50. The van der Waals surface area contributed by atoms with Crippen molar-refractivity contribution in [2.24, 2.45) is 5.73 Å². The van der Waals surface area contributed by atoms with E-state index in [1.54, 1.807) is 0 Å². The number of Topliss-reactive ketones (excluding diaryl/α,β-unsaturated/α-hetero) is 1. The first-order valence-corrected chi connectivity index (χ1v) is 3.94. The van der Waals surface area contributed by atoms with Gasteiger partial charge in [-0.1, -0.05) is 0 Å². The van der Waals surface area contributed by atoms with Gasteiger partial charge in [0.25, 0.3) is 0 Å². The van der Waals surface area contributed by atoms with Crippen molar-refractivity contribution in [2.45, 2.75) is 6.04 Å². The van der Waals surface area contributed by atoms with Gasteiger partial charge >= 0.3 is 0 Å². The molecule has 1 unspecified atom stereocenters. The van der Waals surface area contributed by atoms with E-state index in [1.807, 2.05) is 0 Å². The van der Waals surface area contributed by atoms with Crippen molar-refractivity contribution in [3.05, 3.63) is 23.8 Å². The van der Waals surface area contributed by atoms with Crippen LogP contribution in [0.2, 0.25) is 0 Å². The van der Waals surface area contributed by atoms with Crippen LogP contribution in [0, 0.1) is 0 Å². The first-order valence-electron chi connectivity index (χ1n) is 3.94. The first kappa shape index (κ1) is 8.07. The Hall–Kier alpha value is -1.55. The van der Waals surface area contributed by atoms with Crippen molar-refractivity contribution in [1.82, 2.24) is 0 Å². The minimum atomic E-state index is -0.586. The smallest absolute Gasteiger partial charge is 0.186 e. The molecule has 0 fully saturated rings. The Kier molecular flexibility index (Phi) is 1.70. The number of phenols is 1. The highest BCUT2D eigenvalue weighted by Crippen LogP contribution is 2.27. The number of aromatic hydroxyl groups is 1. The molecule has 0 saturated carbocycles. The van der Waals surface area contributed by atoms with Crippen LogP contribution in [0.5, 0.6) is 11.5 Å². The van der Waals surface area contributed by atoms with Gasteiger partial charge in [0.2, 0.25) is 0 Å². The molecule has 1 aromatic carbocycles. The summed E-state index contributed by atoms with van der Waals surface area (Å²) >= 11 is 0. The molecule has 1 atom stereocenters. The Morgan fingerprint density at radius 2 is 2.31 bits per heavy atom. The molecule has 1 aromatic rings. The molecule has 4 heteroatoms. The lowest BCUT2D eigenvalue weighted by molar-refractivity contribution is 0.0899. The van der Waals surface area contributed by atoms with E-state index in [9.17, 15) is 4.79 Å². The lowest BCUT2D eigenvalue weighted by Crippen LogP contribution is -2.39. The summed E-state index contributed by atoms with van der Waals surface area (Å²) in [5.74, 6) is 0.356. The molecule has 0 radical (unpaired) electrons. The second-order valence-electron chi connectivity index (χ2n) is 2.96. The Labute approximate surface area is 74.9 Å². The van der Waals surface area contributed by atoms with Crippen molar-refractivity contribution >= 4 is 5.78 Å². The van der Waals surface area contributed by atoms with Gasteiger partial charge in [0.15, 0.2) is 5.78 Å². The molecule has 0 bridgehead atoms. The molecule has 0 aliphatic carbocycles. The van der Waals surface area contributed by atoms with Crippen LogP contribution < -0.4 is 10.5 Å². The zero-order valence-corrected chi connectivity index (χ0v) is 6.86. The standard InChI is InChI=1S/C9H9NO3/c10-7-4-13-8-3-5(11)1-2-6(8)9(7)12/h1-3,7,11H,4,10H2. The molecule has 1 heterocycles. The highest BCUT2D eigenvalue weighted by molar-refractivity contribution is 6.03. The van der Waals surface area contributed by atoms with Crippen molar-refractivity contribution < 1.29 is 14.6 Å². The minimum Gasteiger partial charge on any atom is -0.508 e. The van der Waals surface area contributed by atoms with Crippen LogP contribution in [-0.4, -0.2) is 23.5 Å². The molecule has 1 aliphatic rings. The van der Waals surface area contributed by atoms with E-state index in [0.29, 0.717) is 11.3 Å². The van der Waals surface area contributed by atoms with Crippen LogP contribution in [0.3, 0.4) is 0 Å². The van der Waals surface area contributed by atoms with E-state index < -0.39 is 6.04 Å². The van der Waals surface area contributed by atoms with Gasteiger partial charge in [-0.3, -0.25) is 4.79 Å². The topological polar surface area (TPSA) is 72.6 Å². The average Bonchev–Trinajstić information content (AvgIpc) is 2.12. The van der Waals surface area contributed by atoms with Gasteiger partial charge < -0.3 is 15.6 Å². The van der Waals surface area contributed by atoms with Crippen molar-refractivity contribution in [2.75, 3.05) is 6.61 Å². The number of hydrogen-bond acceptors (Lipinski definition) is 4. The number of rotatable bonds is 0. The molecule has 68 valence electrons. The van der Waals surface area contributed by atoms with Crippen LogP contribution in [-0.2, 0) is 0 Å². The van der Waals surface area contributed by atoms with Gasteiger partial charge in [-0.25, -0.2) is 0 Å². The van der Waals surface area contributed by atoms with Crippen LogP contribution in [0.4, 0.5) is 0 Å². The second-order valence-corrected chi connectivity index (χ2v) is 2.96. The van der Waals surface area contributed by atoms with E-state index >= 15 is 0 Å². The number of fused-ring (bicyclic) bond motifs is 1. The van der Waals surface area contributed by atoms with E-state index in [1.165, 1.54) is 18.2 Å². The number of carbonyl (C=O) groups is 1. The predicted molar refractivity (Wildman–Crippen MR) is 45.9 cm³/mol. The normalized spacial score (nSPS) is 20.7. The van der Waals surface area contributed by atoms with Crippen LogP contribution in [0.1, 0.15) is 10.4 Å². The van der Waals surface area contributed by atoms with Crippen LogP contribution in [0.15, 0.2) is 18.2 Å². The zero-order chi connectivity index (χ0) is 9.42. The Morgan fingerprint density at radius 1 is 1.54 bits per heavy atom. The van der Waals surface area contributed by atoms with Gasteiger partial charge in [0.05, 0.1) is 5.56 Å². The average molecular weight is 179 g/mol. The van der Waals surface area contributed by atoms with Gasteiger partial charge in [-0.05, 0) is 12.1 Å². The summed E-state index contributed by atoms with van der Waals surface area (Å²) in [6, 6.07) is 3.79. The van der Waals surface area contributed by atoms with Gasteiger partial charge in [-0.15, -0.1) is 0 Å². The lowest BCUT2D eigenvalue weighted by atomic mass is 10.0. The summed E-state index contributed by atoms with van der Waals surface area (Å²) in [7, 11) is 0. The summed E-state index contributed by atoms with van der Waals surface area (Å²) in [4.78, 5) is 11.4. The summed E-state index contributed by atoms with van der Waals surface area (Å²) in [6.45, 7) is 0.176. The number of carbonyl (C=O) groups excluding carboxylic acids is 1. The molecule has 3 N–H and O–H groups in total. The number of benzene rings is 1. The molecule has 0 spiro atoms. The summed E-state index contributed by atoms with van der Waals surface area (Å²) in [5.41, 5.74) is 5.94. The molecular formula is C9H9NO3. The molecule has 0 amide bonds. The summed E-state index contributed by atoms with van der Waals surface area (Å²) < 4.78 is 5.18. The fourth-order valence-corrected chi connectivity index (χ4v) is 1.29. The Bertz CT molecular complexity index is 362. The molecule has 4 nitrogen and oxygen atoms in total. The number of phenolic OH excluding ortho intramolecular Hbond substituents is 1. The van der Waals surface area contributed by atoms with Crippen molar-refractivity contribution in [1.29, 1.82) is 0 Å². The lowest BCUT2D eigenvalue weighted by Gasteiger charge is -2.20. The van der Waals surface area contributed by atoms with Crippen LogP contribution >= 0.6 is 0 Å². The number of hydrogen-bond donors (Lipinski definition) is 2. The zero-order valence-electron chi connectivity index (χ0n) is 6.86. The maximum atomic E-state index is 11.4. The molecule has 0 saturated heterocycles. The van der Waals surface area contributed by atoms with Gasteiger partial charge in [0.1, 0.15) is 24.1 Å². The third-order valence-corrected chi connectivity index (χ3v) is 1.99. The van der Waals surface area contributed by atoms with E-state index in [4.69, 9.17) is 15.6 Å². The van der Waals surface area contributed by atoms with Crippen LogP contribution in [0.25, 0.3) is 0 Å². The fraction of sp³-hybridized carbons (Fsp3) is 0.222. The molecule has 0 aromatic heterocycles. The van der Waals surface area contributed by atoms with Gasteiger partial charge in [-0.2, -0.15) is 0 Å². The maximum Gasteiger partial charge on any atom is 0.186 e. The number of ketones is 1. The molecule has 2 rings (SSSR count). The second kappa shape index (κ2) is 2.74. The van der Waals surface area contributed by atoms with E-state index in [-0.39, 0.29) is 18.1 Å². The predicted octanol–water partition coefficient (Wildman–Crippen LogP) is 0.295. The fourth-order valence-electron chi connectivity index (χ4n) is 1.29. The summed E-state index contributed by atoms with van der Waals surface area (Å²) in [5, 5.41) is 9.12. The Morgan fingerprint density at radius 3 is 3.08 bits per heavy atom. The maximum absolute atomic E-state index is 11.4. The molecular weight excluding hydrogens is 170 g/mol. The van der Waals surface area contributed by atoms with E-state index in [2.05, 4.69) is 0 Å².